The minimum absolute atomic E-state index is 0.165. The highest BCUT2D eigenvalue weighted by molar-refractivity contribution is 6.30. The van der Waals surface area contributed by atoms with Gasteiger partial charge in [0.25, 0.3) is 5.91 Å². The summed E-state index contributed by atoms with van der Waals surface area (Å²) in [6, 6.07) is 9.91. The summed E-state index contributed by atoms with van der Waals surface area (Å²) in [6.07, 6.45) is 0.614. The number of nitrogens with one attached hydrogen (secondary N) is 2. The van der Waals surface area contributed by atoms with E-state index in [2.05, 4.69) is 10.6 Å². The van der Waals surface area contributed by atoms with E-state index < -0.39 is 17.5 Å². The Balaban J connectivity index is 1.68. The molecule has 0 aromatic heterocycles. The van der Waals surface area contributed by atoms with E-state index in [1.165, 1.54) is 0 Å². The van der Waals surface area contributed by atoms with Crippen LogP contribution < -0.4 is 10.6 Å². The minimum Gasteiger partial charge on any atom is -0.352 e. The lowest BCUT2D eigenvalue weighted by Crippen LogP contribution is -2.28. The summed E-state index contributed by atoms with van der Waals surface area (Å²) >= 11 is 5.86. The van der Waals surface area contributed by atoms with Gasteiger partial charge in [-0.15, -0.1) is 0 Å². The molecule has 0 spiro atoms. The van der Waals surface area contributed by atoms with Crippen molar-refractivity contribution in [1.82, 2.24) is 10.6 Å². The molecule has 0 fully saturated rings. The lowest BCUT2D eigenvalue weighted by Gasteiger charge is -2.07. The van der Waals surface area contributed by atoms with E-state index in [-0.39, 0.29) is 24.4 Å². The Bertz CT molecular complexity index is 768. The zero-order chi connectivity index (χ0) is 18.2. The summed E-state index contributed by atoms with van der Waals surface area (Å²) in [5.41, 5.74) is 0.660. The number of hydrogen-bond acceptors (Lipinski definition) is 2. The standard InChI is InChI=1S/C18H17ClF2N2O2/c19-13-4-1-3-12(9-13)11-23-17(24)5-2-8-22-18(25)15-7-6-14(20)10-16(15)21/h1,3-4,6-7,9-10H,2,5,8,11H2,(H,22,25)(H,23,24). The van der Waals surface area contributed by atoms with Crippen molar-refractivity contribution in [1.29, 1.82) is 0 Å². The fourth-order valence-electron chi connectivity index (χ4n) is 2.16. The Morgan fingerprint density at radius 3 is 2.56 bits per heavy atom. The molecule has 0 heterocycles. The van der Waals surface area contributed by atoms with Gasteiger partial charge in [-0.2, -0.15) is 0 Å². The molecule has 0 aliphatic carbocycles. The first-order chi connectivity index (χ1) is 12.0. The van der Waals surface area contributed by atoms with Crippen LogP contribution in [0.2, 0.25) is 5.02 Å². The molecule has 2 N–H and O–H groups in total. The van der Waals surface area contributed by atoms with Gasteiger partial charge in [-0.1, -0.05) is 23.7 Å². The summed E-state index contributed by atoms with van der Waals surface area (Å²) in [5.74, 6) is -2.47. The molecular weight excluding hydrogens is 350 g/mol. The lowest BCUT2D eigenvalue weighted by atomic mass is 10.2. The SMILES string of the molecule is O=C(CCCNC(=O)c1ccc(F)cc1F)NCc1cccc(Cl)c1. The highest BCUT2D eigenvalue weighted by Crippen LogP contribution is 2.11. The van der Waals surface area contributed by atoms with Crippen molar-refractivity contribution >= 4 is 23.4 Å². The van der Waals surface area contributed by atoms with Crippen LogP contribution in [0.4, 0.5) is 8.78 Å². The van der Waals surface area contributed by atoms with Crippen LogP contribution in [0.25, 0.3) is 0 Å². The molecule has 2 amide bonds. The second-order valence-corrected chi connectivity index (χ2v) is 5.83. The Morgan fingerprint density at radius 1 is 1.04 bits per heavy atom. The van der Waals surface area contributed by atoms with Crippen molar-refractivity contribution in [2.24, 2.45) is 0 Å². The smallest absolute Gasteiger partial charge is 0.254 e. The molecule has 0 unspecified atom stereocenters. The monoisotopic (exact) mass is 366 g/mol. The van der Waals surface area contributed by atoms with Gasteiger partial charge in [0.15, 0.2) is 0 Å². The molecule has 0 aliphatic rings. The number of halogens is 3. The Hall–Kier alpha value is -2.47. The quantitative estimate of drug-likeness (QED) is 0.737. The highest BCUT2D eigenvalue weighted by atomic mass is 35.5. The van der Waals surface area contributed by atoms with Crippen molar-refractivity contribution in [3.63, 3.8) is 0 Å². The van der Waals surface area contributed by atoms with Crippen molar-refractivity contribution in [2.75, 3.05) is 6.54 Å². The second-order valence-electron chi connectivity index (χ2n) is 5.39. The molecule has 0 atom stereocenters. The van der Waals surface area contributed by atoms with Crippen molar-refractivity contribution in [3.05, 3.63) is 70.2 Å². The van der Waals surface area contributed by atoms with Crippen molar-refractivity contribution < 1.29 is 18.4 Å². The van der Waals surface area contributed by atoms with E-state index in [1.807, 2.05) is 6.07 Å². The van der Waals surface area contributed by atoms with E-state index in [1.54, 1.807) is 18.2 Å². The van der Waals surface area contributed by atoms with E-state index in [0.29, 0.717) is 24.1 Å². The van der Waals surface area contributed by atoms with Crippen molar-refractivity contribution in [2.45, 2.75) is 19.4 Å². The average molecular weight is 367 g/mol. The maximum Gasteiger partial charge on any atom is 0.254 e. The topological polar surface area (TPSA) is 58.2 Å². The van der Waals surface area contributed by atoms with Gasteiger partial charge in [-0.05, 0) is 36.2 Å². The van der Waals surface area contributed by atoms with Gasteiger partial charge in [0.05, 0.1) is 5.56 Å². The first kappa shape index (κ1) is 18.9. The third-order valence-corrected chi connectivity index (χ3v) is 3.66. The normalized spacial score (nSPS) is 10.4. The van der Waals surface area contributed by atoms with Crippen LogP contribution in [0.5, 0.6) is 0 Å². The first-order valence-electron chi connectivity index (χ1n) is 7.70. The second kappa shape index (κ2) is 9.13. The van der Waals surface area contributed by atoms with Gasteiger partial charge in [-0.3, -0.25) is 9.59 Å². The van der Waals surface area contributed by atoms with E-state index in [4.69, 9.17) is 11.6 Å². The average Bonchev–Trinajstić information content (AvgIpc) is 2.57. The fourth-order valence-corrected chi connectivity index (χ4v) is 2.37. The maximum absolute atomic E-state index is 13.5. The van der Waals surface area contributed by atoms with E-state index >= 15 is 0 Å². The van der Waals surface area contributed by atoms with Gasteiger partial charge in [0.2, 0.25) is 5.91 Å². The molecule has 2 aromatic rings. The molecule has 4 nitrogen and oxygen atoms in total. The zero-order valence-electron chi connectivity index (χ0n) is 13.3. The predicted octanol–water partition coefficient (Wildman–Crippen LogP) is 3.44. The summed E-state index contributed by atoms with van der Waals surface area (Å²) in [4.78, 5) is 23.5. The maximum atomic E-state index is 13.5. The van der Waals surface area contributed by atoms with Gasteiger partial charge in [-0.25, -0.2) is 8.78 Å². The largest absolute Gasteiger partial charge is 0.352 e. The molecule has 2 rings (SSSR count). The van der Waals surface area contributed by atoms with Gasteiger partial charge < -0.3 is 10.6 Å². The number of carbonyl (C=O) groups excluding carboxylic acids is 2. The third kappa shape index (κ3) is 6.15. The third-order valence-electron chi connectivity index (χ3n) is 3.42. The first-order valence-corrected chi connectivity index (χ1v) is 8.08. The van der Waals surface area contributed by atoms with Crippen LogP contribution in [0.1, 0.15) is 28.8 Å². The molecule has 0 bridgehead atoms. The molecule has 2 aromatic carbocycles. The Kier molecular flexibility index (Phi) is 6.89. The summed E-state index contributed by atoms with van der Waals surface area (Å²) in [7, 11) is 0. The summed E-state index contributed by atoms with van der Waals surface area (Å²) < 4.78 is 26.3. The molecule has 0 aliphatic heterocycles. The van der Waals surface area contributed by atoms with Gasteiger partial charge in [0, 0.05) is 30.6 Å². The van der Waals surface area contributed by atoms with Crippen LogP contribution in [-0.2, 0) is 11.3 Å². The lowest BCUT2D eigenvalue weighted by molar-refractivity contribution is -0.121. The molecule has 7 heteroatoms. The summed E-state index contributed by atoms with van der Waals surface area (Å²) in [6.45, 7) is 0.576. The molecule has 25 heavy (non-hydrogen) atoms. The fraction of sp³-hybridized carbons (Fsp3) is 0.222. The molecule has 132 valence electrons. The van der Waals surface area contributed by atoms with E-state index in [9.17, 15) is 18.4 Å². The number of amides is 2. The minimum atomic E-state index is -0.920. The summed E-state index contributed by atoms with van der Waals surface area (Å²) in [5, 5.41) is 5.85. The van der Waals surface area contributed by atoms with Crippen LogP contribution in [-0.4, -0.2) is 18.4 Å². The number of hydrogen-bond donors (Lipinski definition) is 2. The van der Waals surface area contributed by atoms with E-state index in [0.717, 1.165) is 17.7 Å². The zero-order valence-corrected chi connectivity index (χ0v) is 14.1. The molecule has 0 saturated carbocycles. The predicted molar refractivity (Wildman–Crippen MR) is 91.2 cm³/mol. The van der Waals surface area contributed by atoms with Crippen molar-refractivity contribution in [3.8, 4) is 0 Å². The molecule has 0 radical (unpaired) electrons. The number of benzene rings is 2. The van der Waals surface area contributed by atoms with Crippen LogP contribution in [0.15, 0.2) is 42.5 Å². The van der Waals surface area contributed by atoms with Crippen LogP contribution >= 0.6 is 11.6 Å². The van der Waals surface area contributed by atoms with Gasteiger partial charge in [0.1, 0.15) is 11.6 Å². The highest BCUT2D eigenvalue weighted by Gasteiger charge is 2.12. The number of rotatable bonds is 7. The van der Waals surface area contributed by atoms with Crippen LogP contribution in [0.3, 0.4) is 0 Å². The van der Waals surface area contributed by atoms with Crippen LogP contribution in [0, 0.1) is 11.6 Å². The van der Waals surface area contributed by atoms with Gasteiger partial charge >= 0.3 is 0 Å². The Labute approximate surface area is 149 Å². The molecular formula is C18H17ClF2N2O2. The Morgan fingerprint density at radius 2 is 1.84 bits per heavy atom. The number of carbonyl (C=O) groups is 2. The molecule has 0 saturated heterocycles.